The van der Waals surface area contributed by atoms with E-state index in [4.69, 9.17) is 16.7 Å². The maximum Gasteiger partial charge on any atom is 0.259 e. The Morgan fingerprint density at radius 2 is 1.86 bits per heavy atom. The first-order valence-corrected chi connectivity index (χ1v) is 15.2. The molecule has 1 fully saturated rings. The lowest BCUT2D eigenvalue weighted by Crippen LogP contribution is -2.43. The molecule has 1 atom stereocenters. The van der Waals surface area contributed by atoms with E-state index in [1.807, 2.05) is 74.1 Å². The minimum absolute atomic E-state index is 0.0609. The molecule has 1 aromatic carbocycles. The fraction of sp³-hybridized carbons (Fsp3) is 0.406. The highest BCUT2D eigenvalue weighted by molar-refractivity contribution is 6.29. The zero-order valence-corrected chi connectivity index (χ0v) is 26.8. The first-order valence-electron chi connectivity index (χ1n) is 14.9. The third-order valence-electron chi connectivity index (χ3n) is 8.50. The van der Waals surface area contributed by atoms with Gasteiger partial charge in [-0.1, -0.05) is 17.7 Å². The Hall–Kier alpha value is -4.22. The molecule has 12 heteroatoms. The van der Waals surface area contributed by atoms with Crippen LogP contribution >= 0.6 is 11.6 Å². The fourth-order valence-electron chi connectivity index (χ4n) is 6.39. The molecule has 1 aliphatic rings. The van der Waals surface area contributed by atoms with Crippen LogP contribution in [0.1, 0.15) is 43.0 Å². The van der Waals surface area contributed by atoms with Gasteiger partial charge in [0.25, 0.3) is 5.56 Å². The number of carbonyl (C=O) groups is 1. The molecular formula is C32H38ClN9O2. The van der Waals surface area contributed by atoms with Crippen molar-refractivity contribution in [3.63, 3.8) is 0 Å². The van der Waals surface area contributed by atoms with E-state index in [9.17, 15) is 9.59 Å². The summed E-state index contributed by atoms with van der Waals surface area (Å²) >= 11 is 6.30. The van der Waals surface area contributed by atoms with E-state index in [2.05, 4.69) is 28.4 Å². The van der Waals surface area contributed by atoms with Gasteiger partial charge in [0.15, 0.2) is 0 Å². The number of halogens is 1. The number of hydrogen-bond acceptors (Lipinski definition) is 7. The van der Waals surface area contributed by atoms with Crippen LogP contribution in [0.15, 0.2) is 47.7 Å². The minimum Gasteiger partial charge on any atom is -0.377 e. The van der Waals surface area contributed by atoms with Crippen LogP contribution in [-0.2, 0) is 18.9 Å². The van der Waals surface area contributed by atoms with Gasteiger partial charge in [-0.3, -0.25) is 18.8 Å². The smallest absolute Gasteiger partial charge is 0.259 e. The number of piperidine rings is 1. The van der Waals surface area contributed by atoms with Crippen molar-refractivity contribution in [3.05, 3.63) is 69.5 Å². The van der Waals surface area contributed by atoms with Crippen molar-refractivity contribution >= 4 is 45.0 Å². The first-order chi connectivity index (χ1) is 21.0. The highest BCUT2D eigenvalue weighted by Gasteiger charge is 2.28. The maximum atomic E-state index is 13.9. The summed E-state index contributed by atoms with van der Waals surface area (Å²) in [6, 6.07) is 7.70. The second-order valence-electron chi connectivity index (χ2n) is 12.1. The van der Waals surface area contributed by atoms with Gasteiger partial charge in [-0.15, -0.1) is 0 Å². The maximum absolute atomic E-state index is 13.9. The van der Waals surface area contributed by atoms with Crippen molar-refractivity contribution in [3.8, 4) is 11.3 Å². The van der Waals surface area contributed by atoms with Gasteiger partial charge in [0.2, 0.25) is 5.91 Å². The number of likely N-dealkylation sites (tertiary alicyclic amines) is 1. The van der Waals surface area contributed by atoms with E-state index >= 15 is 0 Å². The van der Waals surface area contributed by atoms with Crippen molar-refractivity contribution in [2.75, 3.05) is 39.0 Å². The van der Waals surface area contributed by atoms with Gasteiger partial charge < -0.3 is 15.1 Å². The van der Waals surface area contributed by atoms with Crippen LogP contribution in [0.3, 0.4) is 0 Å². The highest BCUT2D eigenvalue weighted by atomic mass is 35.5. The molecule has 6 rings (SSSR count). The predicted octanol–water partition coefficient (Wildman–Crippen LogP) is 4.54. The number of rotatable bonds is 7. The number of pyridine rings is 2. The molecule has 1 aliphatic heterocycles. The molecule has 0 aliphatic carbocycles. The molecule has 1 saturated heterocycles. The number of carbonyl (C=O) groups excluding carboxylic acids is 1. The molecule has 1 unspecified atom stereocenters. The fourth-order valence-corrected chi connectivity index (χ4v) is 6.54. The quantitative estimate of drug-likeness (QED) is 0.268. The summed E-state index contributed by atoms with van der Waals surface area (Å²) < 4.78 is 5.45. The summed E-state index contributed by atoms with van der Waals surface area (Å²) in [5.74, 6) is 0.140. The monoisotopic (exact) mass is 615 g/mol. The number of amides is 1. The number of hydrogen-bond donors (Lipinski definition) is 1. The van der Waals surface area contributed by atoms with Crippen LogP contribution in [-0.4, -0.2) is 78.5 Å². The molecule has 0 radical (unpaired) electrons. The molecule has 0 bridgehead atoms. The van der Waals surface area contributed by atoms with Crippen LogP contribution in [0.5, 0.6) is 0 Å². The van der Waals surface area contributed by atoms with Crippen molar-refractivity contribution in [2.24, 2.45) is 14.1 Å². The van der Waals surface area contributed by atoms with Gasteiger partial charge in [-0.25, -0.2) is 9.67 Å². The second-order valence-corrected chi connectivity index (χ2v) is 12.5. The molecule has 0 spiro atoms. The number of nitrogens with zero attached hydrogens (tertiary/aromatic N) is 8. The zero-order chi connectivity index (χ0) is 31.3. The third kappa shape index (κ3) is 5.46. The summed E-state index contributed by atoms with van der Waals surface area (Å²) in [5, 5.41) is 15.7. The van der Waals surface area contributed by atoms with Gasteiger partial charge >= 0.3 is 0 Å². The van der Waals surface area contributed by atoms with Gasteiger partial charge in [0, 0.05) is 61.1 Å². The van der Waals surface area contributed by atoms with E-state index in [-0.39, 0.29) is 23.6 Å². The lowest BCUT2D eigenvalue weighted by atomic mass is 9.95. The standard InChI is InChI=1S/C32H38ClN9O2/c1-19-13-23(20(2)36-26-7-8-27(33)37-30(26)21-15-34-39(5)17-21)29-24(14-19)32(44)40(6)31-25(29)16-35-42(31)22-9-11-41(12-10-22)28(43)18-38(3)4/h7-8,13-17,20,22,36H,9-12,18H2,1-6H3. The van der Waals surface area contributed by atoms with Crippen LogP contribution in [0.4, 0.5) is 5.69 Å². The SMILES string of the molecule is Cc1cc(C(C)Nc2ccc(Cl)nc2-c2cnn(C)c2)c2c(c1)c(=O)n(C)c1c2cnn1C1CCN(C(=O)CN(C)C)CC1. The van der Waals surface area contributed by atoms with Gasteiger partial charge in [-0.2, -0.15) is 10.2 Å². The topological polar surface area (TPSA) is 106 Å². The normalized spacial score (nSPS) is 15.0. The van der Waals surface area contributed by atoms with E-state index in [1.165, 1.54) is 0 Å². The summed E-state index contributed by atoms with van der Waals surface area (Å²) in [6.07, 6.45) is 7.11. The zero-order valence-electron chi connectivity index (χ0n) is 26.0. The average molecular weight is 616 g/mol. The van der Waals surface area contributed by atoms with Gasteiger partial charge in [0.05, 0.1) is 36.4 Å². The molecule has 44 heavy (non-hydrogen) atoms. The van der Waals surface area contributed by atoms with Crippen molar-refractivity contribution in [2.45, 2.75) is 38.8 Å². The minimum atomic E-state index is -0.180. The van der Waals surface area contributed by atoms with Crippen molar-refractivity contribution in [1.82, 2.24) is 38.9 Å². The van der Waals surface area contributed by atoms with Crippen LogP contribution in [0.25, 0.3) is 33.1 Å². The van der Waals surface area contributed by atoms with Crippen LogP contribution in [0, 0.1) is 6.92 Å². The molecule has 5 heterocycles. The summed E-state index contributed by atoms with van der Waals surface area (Å²) in [6.45, 7) is 5.84. The Balaban J connectivity index is 1.40. The van der Waals surface area contributed by atoms with Crippen LogP contribution < -0.4 is 10.9 Å². The number of nitrogens with one attached hydrogen (secondary N) is 1. The van der Waals surface area contributed by atoms with E-state index < -0.39 is 0 Å². The molecule has 11 nitrogen and oxygen atoms in total. The molecule has 4 aromatic heterocycles. The van der Waals surface area contributed by atoms with Crippen LogP contribution in [0.2, 0.25) is 5.15 Å². The summed E-state index contributed by atoms with van der Waals surface area (Å²) in [7, 11) is 7.50. The lowest BCUT2D eigenvalue weighted by Gasteiger charge is -2.33. The lowest BCUT2D eigenvalue weighted by molar-refractivity contribution is -0.133. The third-order valence-corrected chi connectivity index (χ3v) is 8.71. The molecule has 230 valence electrons. The number of benzene rings is 1. The van der Waals surface area contributed by atoms with Gasteiger partial charge in [0.1, 0.15) is 10.8 Å². The largest absolute Gasteiger partial charge is 0.377 e. The predicted molar refractivity (Wildman–Crippen MR) is 174 cm³/mol. The highest BCUT2D eigenvalue weighted by Crippen LogP contribution is 2.36. The Labute approximate surface area is 261 Å². The number of likely N-dealkylation sites (N-methyl/N-ethyl adjacent to an activating group) is 1. The second kappa shape index (κ2) is 11.7. The molecule has 5 aromatic rings. The molecule has 0 saturated carbocycles. The summed E-state index contributed by atoms with van der Waals surface area (Å²) in [4.78, 5) is 35.0. The Morgan fingerprint density at radius 1 is 1.11 bits per heavy atom. The van der Waals surface area contributed by atoms with Crippen molar-refractivity contribution < 1.29 is 4.79 Å². The number of aromatic nitrogens is 6. The number of fused-ring (bicyclic) bond motifs is 3. The Bertz CT molecular complexity index is 1930. The van der Waals surface area contributed by atoms with E-state index in [1.54, 1.807) is 21.5 Å². The average Bonchev–Trinajstić information content (AvgIpc) is 3.63. The molecule has 1 N–H and O–H groups in total. The van der Waals surface area contributed by atoms with Gasteiger partial charge in [-0.05, 0) is 70.1 Å². The Morgan fingerprint density at radius 3 is 2.55 bits per heavy atom. The van der Waals surface area contributed by atoms with E-state index in [0.29, 0.717) is 35.9 Å². The number of aryl methyl sites for hydroxylation is 3. The van der Waals surface area contributed by atoms with E-state index in [0.717, 1.165) is 51.6 Å². The molecule has 1 amide bonds. The van der Waals surface area contributed by atoms with Crippen molar-refractivity contribution in [1.29, 1.82) is 0 Å². The molecular weight excluding hydrogens is 578 g/mol. The Kier molecular flexibility index (Phi) is 7.93. The summed E-state index contributed by atoms with van der Waals surface area (Å²) in [5.41, 5.74) is 5.11. The first kappa shape index (κ1) is 29.8. The number of anilines is 1.